The third-order valence-electron chi connectivity index (χ3n) is 4.63. The highest BCUT2D eigenvalue weighted by Crippen LogP contribution is 2.35. The van der Waals surface area contributed by atoms with E-state index in [0.717, 1.165) is 6.07 Å². The predicted octanol–water partition coefficient (Wildman–Crippen LogP) is 3.86. The summed E-state index contributed by atoms with van der Waals surface area (Å²) >= 11 is 0. The molecule has 0 radical (unpaired) electrons. The molecule has 1 N–H and O–H groups in total. The molecule has 0 aliphatic rings. The van der Waals surface area contributed by atoms with Gasteiger partial charge < -0.3 is 18.9 Å². The van der Waals surface area contributed by atoms with Crippen molar-refractivity contribution in [3.05, 3.63) is 48.3 Å². The summed E-state index contributed by atoms with van der Waals surface area (Å²) in [6, 6.07) is 1.70. The molecule has 0 aliphatic carbocycles. The number of nitrogens with one attached hydrogen (secondary N) is 1. The number of halogens is 3. The Morgan fingerprint density at radius 2 is 2.00 bits per heavy atom. The number of rotatable bonds is 7. The maximum Gasteiger partial charge on any atom is 0.420 e. The number of nitrogens with zero attached hydrogens (tertiary/aromatic N) is 2. The first-order valence-corrected chi connectivity index (χ1v) is 9.57. The second-order valence-corrected chi connectivity index (χ2v) is 7.56. The summed E-state index contributed by atoms with van der Waals surface area (Å²) in [7, 11) is 1.22. The van der Waals surface area contributed by atoms with Crippen LogP contribution in [0.15, 0.2) is 41.5 Å². The molecular weight excluding hydrogens is 415 g/mol. The molecule has 0 fully saturated rings. The standard InChI is InChI=1S/C21H22F3N3O4/c1-12(2)6-17(20(29)30-3)26-18(28)8-15-10-27-9-14(13-4-5-31-11-13)7-16(19(27)25-15)21(22,23)24/h4-5,7,9-12,17H,6,8H2,1-3H3,(H,26,28). The van der Waals surface area contributed by atoms with Gasteiger partial charge in [0.2, 0.25) is 5.91 Å². The first-order valence-electron chi connectivity index (χ1n) is 9.57. The monoisotopic (exact) mass is 437 g/mol. The summed E-state index contributed by atoms with van der Waals surface area (Å²) in [4.78, 5) is 28.3. The number of alkyl halides is 3. The second-order valence-electron chi connectivity index (χ2n) is 7.56. The third kappa shape index (κ3) is 5.25. The fraction of sp³-hybridized carbons (Fsp3) is 0.381. The molecule has 0 aromatic carbocycles. The van der Waals surface area contributed by atoms with Crippen LogP contribution in [0.1, 0.15) is 31.5 Å². The Balaban J connectivity index is 1.89. The van der Waals surface area contributed by atoms with Gasteiger partial charge in [0.05, 0.1) is 37.3 Å². The normalized spacial score (nSPS) is 12.9. The maximum absolute atomic E-state index is 13.6. The topological polar surface area (TPSA) is 85.8 Å². The largest absolute Gasteiger partial charge is 0.472 e. The highest BCUT2D eigenvalue weighted by atomic mass is 19.4. The molecular formula is C21H22F3N3O4. The summed E-state index contributed by atoms with van der Waals surface area (Å²) < 4.78 is 51.8. The van der Waals surface area contributed by atoms with E-state index in [1.54, 1.807) is 6.07 Å². The fourth-order valence-electron chi connectivity index (χ4n) is 3.27. The third-order valence-corrected chi connectivity index (χ3v) is 4.63. The van der Waals surface area contributed by atoms with Crippen molar-refractivity contribution in [1.82, 2.24) is 14.7 Å². The minimum Gasteiger partial charge on any atom is -0.472 e. The van der Waals surface area contributed by atoms with Crippen LogP contribution in [0.4, 0.5) is 13.2 Å². The summed E-state index contributed by atoms with van der Waals surface area (Å²) in [5.41, 5.74) is -0.320. The van der Waals surface area contributed by atoms with E-state index in [1.807, 2.05) is 13.8 Å². The minimum absolute atomic E-state index is 0.121. The van der Waals surface area contributed by atoms with Crippen molar-refractivity contribution in [2.75, 3.05) is 7.11 Å². The van der Waals surface area contributed by atoms with E-state index < -0.39 is 29.7 Å². The van der Waals surface area contributed by atoms with E-state index in [0.29, 0.717) is 17.5 Å². The molecule has 1 atom stereocenters. The Bertz CT molecular complexity index is 1070. The van der Waals surface area contributed by atoms with Crippen molar-refractivity contribution in [1.29, 1.82) is 0 Å². The average Bonchev–Trinajstić information content (AvgIpc) is 3.33. The van der Waals surface area contributed by atoms with Gasteiger partial charge in [0.25, 0.3) is 0 Å². The van der Waals surface area contributed by atoms with Crippen LogP contribution in [-0.4, -0.2) is 34.4 Å². The van der Waals surface area contributed by atoms with Crippen molar-refractivity contribution in [2.45, 2.75) is 38.9 Å². The van der Waals surface area contributed by atoms with Crippen LogP contribution in [0.25, 0.3) is 16.8 Å². The smallest absolute Gasteiger partial charge is 0.420 e. The molecule has 1 amide bonds. The number of hydrogen-bond donors (Lipinski definition) is 1. The lowest BCUT2D eigenvalue weighted by Gasteiger charge is -2.18. The van der Waals surface area contributed by atoms with Crippen molar-refractivity contribution in [3.8, 4) is 11.1 Å². The van der Waals surface area contributed by atoms with Gasteiger partial charge in [0, 0.05) is 23.5 Å². The fourth-order valence-corrected chi connectivity index (χ4v) is 3.27. The zero-order valence-corrected chi connectivity index (χ0v) is 17.2. The summed E-state index contributed by atoms with van der Waals surface area (Å²) in [5, 5.41) is 2.57. The summed E-state index contributed by atoms with van der Waals surface area (Å²) in [5.74, 6) is -1.00. The van der Waals surface area contributed by atoms with Crippen LogP contribution >= 0.6 is 0 Å². The second kappa shape index (κ2) is 8.83. The lowest BCUT2D eigenvalue weighted by molar-refractivity contribution is -0.145. The van der Waals surface area contributed by atoms with Crippen molar-refractivity contribution < 1.29 is 31.9 Å². The zero-order valence-electron chi connectivity index (χ0n) is 17.2. The lowest BCUT2D eigenvalue weighted by atomic mass is 10.0. The number of carbonyl (C=O) groups is 2. The van der Waals surface area contributed by atoms with E-state index in [2.05, 4.69) is 10.3 Å². The SMILES string of the molecule is COC(=O)C(CC(C)C)NC(=O)Cc1cn2cc(-c3ccoc3)cc(C(F)(F)F)c2n1. The molecule has 31 heavy (non-hydrogen) atoms. The average molecular weight is 437 g/mol. The number of hydrogen-bond acceptors (Lipinski definition) is 5. The van der Waals surface area contributed by atoms with Crippen LogP contribution in [0.5, 0.6) is 0 Å². The zero-order chi connectivity index (χ0) is 22.8. The van der Waals surface area contributed by atoms with E-state index in [1.165, 1.54) is 36.4 Å². The van der Waals surface area contributed by atoms with Gasteiger partial charge in [-0.2, -0.15) is 13.2 Å². The van der Waals surface area contributed by atoms with Crippen molar-refractivity contribution in [2.24, 2.45) is 5.92 Å². The van der Waals surface area contributed by atoms with Crippen LogP contribution < -0.4 is 5.32 Å². The first kappa shape index (κ1) is 22.4. The number of esters is 1. The molecule has 0 saturated heterocycles. The molecule has 3 heterocycles. The number of carbonyl (C=O) groups excluding carboxylic acids is 2. The molecule has 0 spiro atoms. The summed E-state index contributed by atoms with van der Waals surface area (Å²) in [6.45, 7) is 3.78. The van der Waals surface area contributed by atoms with Gasteiger partial charge >= 0.3 is 12.1 Å². The van der Waals surface area contributed by atoms with Crippen LogP contribution in [0.2, 0.25) is 0 Å². The lowest BCUT2D eigenvalue weighted by Crippen LogP contribution is -2.43. The number of fused-ring (bicyclic) bond motifs is 1. The molecule has 10 heteroatoms. The van der Waals surface area contributed by atoms with Gasteiger partial charge in [-0.25, -0.2) is 9.78 Å². The number of aromatic nitrogens is 2. The van der Waals surface area contributed by atoms with Gasteiger partial charge in [-0.15, -0.1) is 0 Å². The Morgan fingerprint density at radius 3 is 2.58 bits per heavy atom. The molecule has 1 unspecified atom stereocenters. The van der Waals surface area contributed by atoms with Gasteiger partial charge in [0.1, 0.15) is 11.7 Å². The molecule has 7 nitrogen and oxygen atoms in total. The number of pyridine rings is 1. The van der Waals surface area contributed by atoms with Gasteiger partial charge in [-0.1, -0.05) is 13.8 Å². The highest BCUT2D eigenvalue weighted by Gasteiger charge is 2.35. The molecule has 3 aromatic rings. The number of furan rings is 1. The van der Waals surface area contributed by atoms with Crippen molar-refractivity contribution in [3.63, 3.8) is 0 Å². The Hall–Kier alpha value is -3.30. The van der Waals surface area contributed by atoms with Gasteiger partial charge in [0.15, 0.2) is 0 Å². The predicted molar refractivity (Wildman–Crippen MR) is 105 cm³/mol. The molecule has 0 aliphatic heterocycles. The molecule has 0 bridgehead atoms. The van der Waals surface area contributed by atoms with Crippen LogP contribution in [0, 0.1) is 5.92 Å². The maximum atomic E-state index is 13.6. The van der Waals surface area contributed by atoms with Crippen LogP contribution in [0.3, 0.4) is 0 Å². The van der Waals surface area contributed by atoms with E-state index in [4.69, 9.17) is 9.15 Å². The quantitative estimate of drug-likeness (QED) is 0.568. The Morgan fingerprint density at radius 1 is 1.26 bits per heavy atom. The van der Waals surface area contributed by atoms with Gasteiger partial charge in [-0.3, -0.25) is 4.79 Å². The number of imidazole rings is 1. The number of amides is 1. The van der Waals surface area contributed by atoms with E-state index in [9.17, 15) is 22.8 Å². The van der Waals surface area contributed by atoms with E-state index in [-0.39, 0.29) is 23.7 Å². The number of ether oxygens (including phenoxy) is 1. The first-order chi connectivity index (χ1) is 14.6. The Labute approximate surface area is 176 Å². The highest BCUT2D eigenvalue weighted by molar-refractivity contribution is 5.85. The molecule has 3 rings (SSSR count). The van der Waals surface area contributed by atoms with Gasteiger partial charge in [-0.05, 0) is 24.5 Å². The van der Waals surface area contributed by atoms with Crippen LogP contribution in [-0.2, 0) is 26.9 Å². The molecule has 3 aromatic heterocycles. The minimum atomic E-state index is -4.64. The van der Waals surface area contributed by atoms with E-state index >= 15 is 0 Å². The molecule has 166 valence electrons. The Kier molecular flexibility index (Phi) is 6.37. The number of methoxy groups -OCH3 is 1. The summed E-state index contributed by atoms with van der Waals surface area (Å²) in [6.07, 6.45) is 1.00. The molecule has 0 saturated carbocycles. The van der Waals surface area contributed by atoms with Crippen molar-refractivity contribution >= 4 is 17.5 Å².